The molecule has 0 aromatic heterocycles. The molecule has 0 aromatic carbocycles. The molecule has 0 bridgehead atoms. The van der Waals surface area contributed by atoms with E-state index < -0.39 is 18.1 Å². The predicted octanol–water partition coefficient (Wildman–Crippen LogP) is 0.762. The fourth-order valence-electron chi connectivity index (χ4n) is 3.19. The van der Waals surface area contributed by atoms with Crippen molar-refractivity contribution in [2.45, 2.75) is 50.1 Å². The van der Waals surface area contributed by atoms with E-state index in [1.165, 1.54) is 16.7 Å². The zero-order valence-electron chi connectivity index (χ0n) is 12.0. The number of likely N-dealkylation sites (tertiary alicyclic amines) is 1. The molecule has 7 heteroatoms. The molecule has 1 saturated carbocycles. The second kappa shape index (κ2) is 5.51. The van der Waals surface area contributed by atoms with Crippen LogP contribution in [0.2, 0.25) is 0 Å². The van der Waals surface area contributed by atoms with Gasteiger partial charge in [0.15, 0.2) is 0 Å². The molecule has 0 aromatic rings. The summed E-state index contributed by atoms with van der Waals surface area (Å²) >= 11 is 1.48. The third-order valence-electron chi connectivity index (χ3n) is 4.51. The van der Waals surface area contributed by atoms with E-state index in [0.717, 1.165) is 19.3 Å². The highest BCUT2D eigenvalue weighted by Gasteiger charge is 2.47. The Labute approximate surface area is 127 Å². The smallest absolute Gasteiger partial charge is 0.327 e. The van der Waals surface area contributed by atoms with Crippen LogP contribution < -0.4 is 0 Å². The lowest BCUT2D eigenvalue weighted by atomic mass is 10.1. The number of carbonyl (C=O) groups is 3. The van der Waals surface area contributed by atoms with E-state index in [2.05, 4.69) is 0 Å². The molecule has 0 radical (unpaired) electrons. The number of hydrogen-bond acceptors (Lipinski definition) is 4. The first-order chi connectivity index (χ1) is 10.0. The fraction of sp³-hybridized carbons (Fsp3) is 0.786. The first-order valence-corrected chi connectivity index (χ1v) is 8.52. The molecule has 3 atom stereocenters. The largest absolute Gasteiger partial charge is 0.480 e. The van der Waals surface area contributed by atoms with Crippen LogP contribution in [-0.2, 0) is 14.4 Å². The summed E-state index contributed by atoms with van der Waals surface area (Å²) in [6.07, 6.45) is 3.31. The van der Waals surface area contributed by atoms with Gasteiger partial charge in [0.25, 0.3) is 0 Å². The zero-order valence-corrected chi connectivity index (χ0v) is 12.8. The quantitative estimate of drug-likeness (QED) is 0.832. The summed E-state index contributed by atoms with van der Waals surface area (Å²) in [6.45, 7) is 2.48. The van der Waals surface area contributed by atoms with Crippen molar-refractivity contribution in [3.63, 3.8) is 0 Å². The number of hydrogen-bond donors (Lipinski definition) is 1. The maximum atomic E-state index is 12.8. The third kappa shape index (κ3) is 2.63. The molecule has 6 nitrogen and oxygen atoms in total. The Balaban J connectivity index is 1.76. The van der Waals surface area contributed by atoms with Crippen LogP contribution in [0.3, 0.4) is 0 Å². The lowest BCUT2D eigenvalue weighted by Crippen LogP contribution is -2.53. The third-order valence-corrected chi connectivity index (χ3v) is 5.73. The van der Waals surface area contributed by atoms with Crippen molar-refractivity contribution in [2.75, 3.05) is 12.3 Å². The molecule has 21 heavy (non-hydrogen) atoms. The normalized spacial score (nSPS) is 32.5. The van der Waals surface area contributed by atoms with Crippen LogP contribution >= 0.6 is 11.8 Å². The summed E-state index contributed by atoms with van der Waals surface area (Å²) in [5, 5.41) is 9.14. The van der Waals surface area contributed by atoms with Crippen LogP contribution in [0.1, 0.15) is 32.6 Å². The monoisotopic (exact) mass is 312 g/mol. The fourth-order valence-corrected chi connectivity index (χ4v) is 4.37. The number of carbonyl (C=O) groups excluding carboxylic acids is 2. The molecule has 1 aliphatic carbocycles. The Bertz CT molecular complexity index is 480. The molecule has 116 valence electrons. The van der Waals surface area contributed by atoms with Gasteiger partial charge in [0, 0.05) is 18.2 Å². The highest BCUT2D eigenvalue weighted by Crippen LogP contribution is 2.36. The number of thioether (sulfide) groups is 1. The molecular formula is C14H20N2O4S. The summed E-state index contributed by atoms with van der Waals surface area (Å²) in [5.74, 6) is -0.549. The molecule has 3 unspecified atom stereocenters. The second-order valence-electron chi connectivity index (χ2n) is 6.00. The molecule has 2 aliphatic heterocycles. The molecule has 3 rings (SSSR count). The highest BCUT2D eigenvalue weighted by atomic mass is 32.2. The van der Waals surface area contributed by atoms with Crippen molar-refractivity contribution in [1.82, 2.24) is 9.80 Å². The molecule has 3 fully saturated rings. The predicted molar refractivity (Wildman–Crippen MR) is 77.6 cm³/mol. The van der Waals surface area contributed by atoms with Crippen molar-refractivity contribution in [3.8, 4) is 0 Å². The van der Waals surface area contributed by atoms with Crippen LogP contribution in [0.15, 0.2) is 0 Å². The SMILES string of the molecule is CC1SCC(C(=O)O)N1C(=O)C1CCCN1C(=O)C1CC1. The average Bonchev–Trinajstić information content (AvgIpc) is 3.04. The molecule has 3 aliphatic rings. The summed E-state index contributed by atoms with van der Waals surface area (Å²) in [7, 11) is 0. The topological polar surface area (TPSA) is 77.9 Å². The minimum atomic E-state index is -0.960. The van der Waals surface area contributed by atoms with Gasteiger partial charge >= 0.3 is 5.97 Å². The van der Waals surface area contributed by atoms with Gasteiger partial charge in [-0.1, -0.05) is 0 Å². The molecule has 2 heterocycles. The minimum Gasteiger partial charge on any atom is -0.480 e. The van der Waals surface area contributed by atoms with Gasteiger partial charge in [0.2, 0.25) is 11.8 Å². The summed E-state index contributed by atoms with van der Waals surface area (Å²) in [6, 6.07) is -1.22. The zero-order chi connectivity index (χ0) is 15.1. The van der Waals surface area contributed by atoms with Gasteiger partial charge < -0.3 is 14.9 Å². The van der Waals surface area contributed by atoms with E-state index in [1.807, 2.05) is 6.92 Å². The van der Waals surface area contributed by atoms with Crippen molar-refractivity contribution in [1.29, 1.82) is 0 Å². The van der Waals surface area contributed by atoms with E-state index in [-0.39, 0.29) is 23.1 Å². The number of carboxylic acid groups (broad SMARTS) is 1. The van der Waals surface area contributed by atoms with Crippen molar-refractivity contribution < 1.29 is 19.5 Å². The summed E-state index contributed by atoms with van der Waals surface area (Å²) < 4.78 is 0. The highest BCUT2D eigenvalue weighted by molar-refractivity contribution is 8.00. The van der Waals surface area contributed by atoms with E-state index >= 15 is 0 Å². The van der Waals surface area contributed by atoms with Crippen LogP contribution in [0, 0.1) is 5.92 Å². The van der Waals surface area contributed by atoms with Gasteiger partial charge in [-0.25, -0.2) is 4.79 Å². The van der Waals surface area contributed by atoms with E-state index in [1.54, 1.807) is 4.90 Å². The van der Waals surface area contributed by atoms with E-state index in [4.69, 9.17) is 0 Å². The first kappa shape index (κ1) is 14.7. The summed E-state index contributed by atoms with van der Waals surface area (Å²) in [5.41, 5.74) is 0. The lowest BCUT2D eigenvalue weighted by molar-refractivity contribution is -0.152. The van der Waals surface area contributed by atoms with Crippen LogP contribution in [0.25, 0.3) is 0 Å². The van der Waals surface area contributed by atoms with Crippen LogP contribution in [0.5, 0.6) is 0 Å². The maximum Gasteiger partial charge on any atom is 0.327 e. The van der Waals surface area contributed by atoms with Crippen molar-refractivity contribution in [3.05, 3.63) is 0 Å². The molecule has 2 saturated heterocycles. The second-order valence-corrected chi connectivity index (χ2v) is 7.35. The standard InChI is InChI=1S/C14H20N2O4S/c1-8-16(11(7-21-8)14(19)20)13(18)10-3-2-6-15(10)12(17)9-4-5-9/h8-11H,2-7H2,1H3,(H,19,20). The van der Waals surface area contributed by atoms with Crippen LogP contribution in [-0.4, -0.2) is 62.4 Å². The number of amides is 2. The number of rotatable bonds is 3. The van der Waals surface area contributed by atoms with Crippen molar-refractivity contribution >= 4 is 29.5 Å². The van der Waals surface area contributed by atoms with Gasteiger partial charge in [-0.15, -0.1) is 11.8 Å². The van der Waals surface area contributed by atoms with Gasteiger partial charge in [-0.05, 0) is 32.6 Å². The van der Waals surface area contributed by atoms with E-state index in [0.29, 0.717) is 18.7 Å². The van der Waals surface area contributed by atoms with Gasteiger partial charge in [-0.2, -0.15) is 0 Å². The Morgan fingerprint density at radius 2 is 1.81 bits per heavy atom. The number of aliphatic carboxylic acids is 1. The number of carboxylic acids is 1. The minimum absolute atomic E-state index is 0.0808. The Morgan fingerprint density at radius 3 is 2.43 bits per heavy atom. The molecule has 1 N–H and O–H groups in total. The number of nitrogens with zero attached hydrogens (tertiary/aromatic N) is 2. The van der Waals surface area contributed by atoms with E-state index in [9.17, 15) is 19.5 Å². The average molecular weight is 312 g/mol. The van der Waals surface area contributed by atoms with Crippen molar-refractivity contribution in [2.24, 2.45) is 5.92 Å². The Hall–Kier alpha value is -1.24. The van der Waals surface area contributed by atoms with Crippen LogP contribution in [0.4, 0.5) is 0 Å². The molecule has 0 spiro atoms. The van der Waals surface area contributed by atoms with Gasteiger partial charge in [0.1, 0.15) is 12.1 Å². The lowest BCUT2D eigenvalue weighted by Gasteiger charge is -2.32. The Morgan fingerprint density at radius 1 is 1.10 bits per heavy atom. The molecular weight excluding hydrogens is 292 g/mol. The van der Waals surface area contributed by atoms with Gasteiger partial charge in [0.05, 0.1) is 5.37 Å². The Kier molecular flexibility index (Phi) is 3.86. The first-order valence-electron chi connectivity index (χ1n) is 7.47. The summed E-state index contributed by atoms with van der Waals surface area (Å²) in [4.78, 5) is 39.5. The maximum absolute atomic E-state index is 12.8. The molecule has 2 amide bonds. The van der Waals surface area contributed by atoms with Gasteiger partial charge in [-0.3, -0.25) is 9.59 Å².